The predicted molar refractivity (Wildman–Crippen MR) is 57.8 cm³/mol. The van der Waals surface area contributed by atoms with E-state index in [9.17, 15) is 0 Å². The van der Waals surface area contributed by atoms with E-state index in [1.807, 2.05) is 29.8 Å². The van der Waals surface area contributed by atoms with E-state index in [-0.39, 0.29) is 6.73 Å². The van der Waals surface area contributed by atoms with E-state index in [0.29, 0.717) is 4.77 Å². The van der Waals surface area contributed by atoms with Gasteiger partial charge in [-0.05, 0) is 24.4 Å². The average molecular weight is 209 g/mol. The van der Waals surface area contributed by atoms with Crippen LogP contribution in [0.5, 0.6) is 5.75 Å². The quantitative estimate of drug-likeness (QED) is 0.582. The van der Waals surface area contributed by atoms with Gasteiger partial charge in [0.1, 0.15) is 12.5 Å². The zero-order valence-electron chi connectivity index (χ0n) is 7.78. The van der Waals surface area contributed by atoms with E-state index in [0.717, 1.165) is 16.8 Å². The minimum atomic E-state index is 0.180. The summed E-state index contributed by atoms with van der Waals surface area (Å²) < 4.78 is 7.79. The smallest absolute Gasteiger partial charge is 0.177 e. The van der Waals surface area contributed by atoms with Crippen molar-refractivity contribution in [3.63, 3.8) is 0 Å². The molecular weight excluding hydrogens is 198 g/mol. The van der Waals surface area contributed by atoms with Crippen LogP contribution in [0.3, 0.4) is 0 Å². The highest BCUT2D eigenvalue weighted by molar-refractivity contribution is 7.71. The molecule has 1 aromatic heterocycles. The molecule has 0 atom stereocenters. The molecule has 0 spiro atoms. The fourth-order valence-electron chi connectivity index (χ4n) is 1.40. The van der Waals surface area contributed by atoms with Crippen molar-refractivity contribution in [2.45, 2.75) is 0 Å². The first-order chi connectivity index (χ1) is 6.72. The highest BCUT2D eigenvalue weighted by Gasteiger charge is 2.01. The van der Waals surface area contributed by atoms with Crippen molar-refractivity contribution >= 4 is 23.3 Å². The first kappa shape index (κ1) is 9.23. The lowest BCUT2D eigenvalue weighted by molar-refractivity contribution is 0.330. The Labute approximate surface area is 86.3 Å². The molecule has 2 rings (SSSR count). The summed E-state index contributed by atoms with van der Waals surface area (Å²) in [5.41, 5.74) is 7.30. The lowest BCUT2D eigenvalue weighted by Gasteiger charge is -2.01. The number of nitrogens with two attached hydrogens (primary N) is 1. The van der Waals surface area contributed by atoms with E-state index in [1.54, 1.807) is 0 Å². The van der Waals surface area contributed by atoms with Crippen LogP contribution in [0.1, 0.15) is 0 Å². The molecule has 0 fully saturated rings. The van der Waals surface area contributed by atoms with E-state index >= 15 is 0 Å². The minimum absolute atomic E-state index is 0.180. The molecule has 0 aliphatic carbocycles. The number of hydrogen-bond acceptors (Lipinski definition) is 3. The standard InChI is InChI=1S/C9H11N3OS/c1-12-8-3-2-6(13-5-10)4-7(8)11-9(12)14/h2-4H,5,10H2,1H3,(H,11,14). The van der Waals surface area contributed by atoms with Gasteiger partial charge in [-0.1, -0.05) is 0 Å². The molecule has 1 aromatic carbocycles. The van der Waals surface area contributed by atoms with Crippen LogP contribution in [0.2, 0.25) is 0 Å². The van der Waals surface area contributed by atoms with Crippen molar-refractivity contribution in [1.29, 1.82) is 0 Å². The largest absolute Gasteiger partial charge is 0.479 e. The van der Waals surface area contributed by atoms with Gasteiger partial charge in [0.25, 0.3) is 0 Å². The number of H-pyrrole nitrogens is 1. The number of nitrogens with one attached hydrogen (secondary N) is 1. The third-order valence-electron chi connectivity index (χ3n) is 2.13. The maximum atomic E-state index is 5.28. The first-order valence-electron chi connectivity index (χ1n) is 4.24. The van der Waals surface area contributed by atoms with Crippen molar-refractivity contribution < 1.29 is 4.74 Å². The molecule has 0 saturated carbocycles. The number of fused-ring (bicyclic) bond motifs is 1. The van der Waals surface area contributed by atoms with Gasteiger partial charge in [0.05, 0.1) is 11.0 Å². The second-order valence-corrected chi connectivity index (χ2v) is 3.37. The first-order valence-corrected chi connectivity index (χ1v) is 4.65. The zero-order valence-corrected chi connectivity index (χ0v) is 8.60. The Morgan fingerprint density at radius 3 is 3.07 bits per heavy atom. The molecular formula is C9H11N3OS. The van der Waals surface area contributed by atoms with Crippen LogP contribution < -0.4 is 10.5 Å². The Bertz CT molecular complexity index is 514. The minimum Gasteiger partial charge on any atom is -0.479 e. The normalized spacial score (nSPS) is 10.7. The summed E-state index contributed by atoms with van der Waals surface area (Å²) in [6, 6.07) is 5.71. The Kier molecular flexibility index (Phi) is 2.26. The van der Waals surface area contributed by atoms with E-state index in [4.69, 9.17) is 22.7 Å². The van der Waals surface area contributed by atoms with Gasteiger partial charge < -0.3 is 14.3 Å². The van der Waals surface area contributed by atoms with Gasteiger partial charge in [-0.15, -0.1) is 0 Å². The summed E-state index contributed by atoms with van der Waals surface area (Å²) in [5, 5.41) is 0. The molecule has 0 amide bonds. The van der Waals surface area contributed by atoms with Crippen LogP contribution in [0.4, 0.5) is 0 Å². The van der Waals surface area contributed by atoms with Gasteiger partial charge in [0.15, 0.2) is 4.77 Å². The Balaban J connectivity index is 2.61. The molecule has 0 bridgehead atoms. The number of aryl methyl sites for hydroxylation is 1. The van der Waals surface area contributed by atoms with Crippen molar-refractivity contribution in [2.75, 3.05) is 6.73 Å². The summed E-state index contributed by atoms with van der Waals surface area (Å²) in [7, 11) is 1.92. The highest BCUT2D eigenvalue weighted by atomic mass is 32.1. The molecule has 5 heteroatoms. The maximum absolute atomic E-state index is 5.28. The number of rotatable bonds is 2. The summed E-state index contributed by atoms with van der Waals surface area (Å²) in [5.74, 6) is 0.747. The lowest BCUT2D eigenvalue weighted by atomic mass is 10.3. The fraction of sp³-hybridized carbons (Fsp3) is 0.222. The Morgan fingerprint density at radius 2 is 2.36 bits per heavy atom. The zero-order chi connectivity index (χ0) is 10.1. The molecule has 3 N–H and O–H groups in total. The van der Waals surface area contributed by atoms with Gasteiger partial charge in [0, 0.05) is 13.1 Å². The van der Waals surface area contributed by atoms with E-state index in [2.05, 4.69) is 4.98 Å². The van der Waals surface area contributed by atoms with E-state index < -0.39 is 0 Å². The molecule has 4 nitrogen and oxygen atoms in total. The number of imidazole rings is 1. The van der Waals surface area contributed by atoms with Crippen molar-refractivity contribution in [3.05, 3.63) is 23.0 Å². The fourth-order valence-corrected chi connectivity index (χ4v) is 1.61. The number of benzene rings is 1. The molecule has 1 heterocycles. The number of aromatic amines is 1. The molecule has 0 aliphatic heterocycles. The van der Waals surface area contributed by atoms with E-state index in [1.165, 1.54) is 0 Å². The van der Waals surface area contributed by atoms with Crippen LogP contribution in [-0.2, 0) is 7.05 Å². The number of hydrogen-bond donors (Lipinski definition) is 2. The van der Waals surface area contributed by atoms with Crippen molar-refractivity contribution in [1.82, 2.24) is 9.55 Å². The number of nitrogens with zero attached hydrogens (tertiary/aromatic N) is 1. The van der Waals surface area contributed by atoms with Crippen molar-refractivity contribution in [2.24, 2.45) is 12.8 Å². The predicted octanol–water partition coefficient (Wildman–Crippen LogP) is 1.53. The van der Waals surface area contributed by atoms with Crippen LogP contribution in [0.15, 0.2) is 18.2 Å². The number of ether oxygens (including phenoxy) is 1. The third kappa shape index (κ3) is 1.40. The Hall–Kier alpha value is -1.33. The van der Waals surface area contributed by atoms with Gasteiger partial charge >= 0.3 is 0 Å². The Morgan fingerprint density at radius 1 is 1.57 bits per heavy atom. The second kappa shape index (κ2) is 3.43. The van der Waals surface area contributed by atoms with Crippen LogP contribution in [0.25, 0.3) is 11.0 Å². The molecule has 0 saturated heterocycles. The topological polar surface area (TPSA) is 56.0 Å². The molecule has 14 heavy (non-hydrogen) atoms. The third-order valence-corrected chi connectivity index (χ3v) is 2.50. The molecule has 2 aromatic rings. The maximum Gasteiger partial charge on any atom is 0.177 e. The van der Waals surface area contributed by atoms with Gasteiger partial charge in [-0.3, -0.25) is 5.73 Å². The molecule has 0 aliphatic rings. The molecule has 0 unspecified atom stereocenters. The van der Waals surface area contributed by atoms with Gasteiger partial charge in [-0.25, -0.2) is 0 Å². The lowest BCUT2D eigenvalue weighted by Crippen LogP contribution is -2.06. The van der Waals surface area contributed by atoms with Crippen LogP contribution in [0, 0.1) is 4.77 Å². The van der Waals surface area contributed by atoms with Crippen molar-refractivity contribution in [3.8, 4) is 5.75 Å². The van der Waals surface area contributed by atoms with Gasteiger partial charge in [0.2, 0.25) is 0 Å². The summed E-state index contributed by atoms with van der Waals surface area (Å²) in [4.78, 5) is 3.08. The second-order valence-electron chi connectivity index (χ2n) is 2.98. The SMILES string of the molecule is Cn1c(=S)[nH]c2cc(OCN)ccc21. The monoisotopic (exact) mass is 209 g/mol. The molecule has 74 valence electrons. The summed E-state index contributed by atoms with van der Waals surface area (Å²) in [6.07, 6.45) is 0. The van der Waals surface area contributed by atoms with Crippen LogP contribution in [-0.4, -0.2) is 16.3 Å². The summed E-state index contributed by atoms with van der Waals surface area (Å²) in [6.45, 7) is 0.180. The molecule has 0 radical (unpaired) electrons. The van der Waals surface area contributed by atoms with Gasteiger partial charge in [-0.2, -0.15) is 0 Å². The summed E-state index contributed by atoms with van der Waals surface area (Å²) >= 11 is 5.10. The van der Waals surface area contributed by atoms with Crippen LogP contribution >= 0.6 is 12.2 Å². The number of aromatic nitrogens is 2. The highest BCUT2D eigenvalue weighted by Crippen LogP contribution is 2.19. The average Bonchev–Trinajstić information content (AvgIpc) is 2.43.